The first-order valence-corrected chi connectivity index (χ1v) is 9.12. The van der Waals surface area contributed by atoms with Crippen LogP contribution in [0.15, 0.2) is 18.3 Å². The third-order valence-electron chi connectivity index (χ3n) is 5.26. The van der Waals surface area contributed by atoms with Crippen molar-refractivity contribution in [3.8, 4) is 0 Å². The number of pyridine rings is 1. The van der Waals surface area contributed by atoms with Crippen molar-refractivity contribution in [3.05, 3.63) is 46.5 Å². The molecule has 6 heteroatoms. The molecule has 1 aliphatic carbocycles. The molecule has 4 rings (SSSR count). The summed E-state index contributed by atoms with van der Waals surface area (Å²) in [4.78, 5) is 18.9. The second-order valence-electron chi connectivity index (χ2n) is 7.22. The number of hydrogen-bond acceptors (Lipinski definition) is 3. The first kappa shape index (κ1) is 16.1. The molecule has 0 bridgehead atoms. The van der Waals surface area contributed by atoms with Crippen molar-refractivity contribution in [1.29, 1.82) is 0 Å². The number of likely N-dealkylation sites (tertiary alicyclic amines) is 1. The zero-order chi connectivity index (χ0) is 17.4. The van der Waals surface area contributed by atoms with Crippen molar-refractivity contribution in [1.82, 2.24) is 25.0 Å². The molecule has 2 aromatic rings. The molecule has 1 aliphatic heterocycles. The van der Waals surface area contributed by atoms with Gasteiger partial charge < -0.3 is 10.2 Å². The van der Waals surface area contributed by atoms with E-state index in [-0.39, 0.29) is 12.1 Å². The van der Waals surface area contributed by atoms with Gasteiger partial charge in [-0.25, -0.2) is 4.79 Å². The van der Waals surface area contributed by atoms with Crippen LogP contribution in [-0.4, -0.2) is 38.8 Å². The monoisotopic (exact) mass is 339 g/mol. The standard InChI is InChI=1S/C19H25N5O/c1-13-8-14(2)24(22-13)17-6-7-23(12-17)19(25)21-11-15-9-16-4-3-5-18(16)20-10-15/h8-10,17H,3-7,11-12H2,1-2H3,(H,21,25)/t17-/m1/s1. The number of carbonyl (C=O) groups is 1. The number of hydrogen-bond donors (Lipinski definition) is 1. The van der Waals surface area contributed by atoms with Gasteiger partial charge in [0, 0.05) is 37.2 Å². The van der Waals surface area contributed by atoms with Gasteiger partial charge in [0.1, 0.15) is 0 Å². The topological polar surface area (TPSA) is 63.1 Å². The Morgan fingerprint density at radius 1 is 1.32 bits per heavy atom. The summed E-state index contributed by atoms with van der Waals surface area (Å²) in [5, 5.41) is 7.60. The minimum Gasteiger partial charge on any atom is -0.334 e. The third kappa shape index (κ3) is 3.25. The second-order valence-corrected chi connectivity index (χ2v) is 7.22. The van der Waals surface area contributed by atoms with E-state index in [1.807, 2.05) is 18.0 Å². The molecule has 0 saturated carbocycles. The van der Waals surface area contributed by atoms with Gasteiger partial charge in [-0.15, -0.1) is 0 Å². The molecule has 2 amide bonds. The van der Waals surface area contributed by atoms with Crippen LogP contribution in [0.2, 0.25) is 0 Å². The molecule has 25 heavy (non-hydrogen) atoms. The van der Waals surface area contributed by atoms with Gasteiger partial charge in [-0.2, -0.15) is 5.10 Å². The van der Waals surface area contributed by atoms with Crippen molar-refractivity contribution >= 4 is 6.03 Å². The molecule has 1 N–H and O–H groups in total. The van der Waals surface area contributed by atoms with Crippen LogP contribution >= 0.6 is 0 Å². The summed E-state index contributed by atoms with van der Waals surface area (Å²) in [5.74, 6) is 0. The highest BCUT2D eigenvalue weighted by atomic mass is 16.2. The summed E-state index contributed by atoms with van der Waals surface area (Å²) >= 11 is 0. The fraction of sp³-hybridized carbons (Fsp3) is 0.526. The highest BCUT2D eigenvalue weighted by molar-refractivity contribution is 5.74. The first-order valence-electron chi connectivity index (χ1n) is 9.12. The molecule has 0 aromatic carbocycles. The Hall–Kier alpha value is -2.37. The number of nitrogens with zero attached hydrogens (tertiary/aromatic N) is 4. The van der Waals surface area contributed by atoms with E-state index in [4.69, 9.17) is 0 Å². The van der Waals surface area contributed by atoms with Crippen molar-refractivity contribution in [2.45, 2.75) is 52.1 Å². The maximum atomic E-state index is 12.5. The van der Waals surface area contributed by atoms with Gasteiger partial charge in [0.05, 0.1) is 11.7 Å². The fourth-order valence-corrected chi connectivity index (χ4v) is 4.00. The SMILES string of the molecule is Cc1cc(C)n([C@@H]2CCN(C(=O)NCc3cnc4c(c3)CCC4)C2)n1. The number of nitrogens with one attached hydrogen (secondary N) is 1. The highest BCUT2D eigenvalue weighted by Gasteiger charge is 2.28. The highest BCUT2D eigenvalue weighted by Crippen LogP contribution is 2.23. The number of carbonyl (C=O) groups excluding carboxylic acids is 1. The lowest BCUT2D eigenvalue weighted by Crippen LogP contribution is -2.38. The number of fused-ring (bicyclic) bond motifs is 1. The lowest BCUT2D eigenvalue weighted by molar-refractivity contribution is 0.206. The molecule has 3 heterocycles. The van der Waals surface area contributed by atoms with Gasteiger partial charge in [0.15, 0.2) is 0 Å². The molecule has 6 nitrogen and oxygen atoms in total. The van der Waals surface area contributed by atoms with Crippen molar-refractivity contribution in [2.24, 2.45) is 0 Å². The number of urea groups is 1. The van der Waals surface area contributed by atoms with Crippen molar-refractivity contribution < 1.29 is 4.79 Å². The van der Waals surface area contributed by atoms with E-state index in [0.717, 1.165) is 49.3 Å². The van der Waals surface area contributed by atoms with Crippen LogP contribution in [0.5, 0.6) is 0 Å². The molecule has 132 valence electrons. The molecule has 1 fully saturated rings. The predicted molar refractivity (Wildman–Crippen MR) is 95.4 cm³/mol. The molecule has 0 radical (unpaired) electrons. The van der Waals surface area contributed by atoms with Crippen molar-refractivity contribution in [3.63, 3.8) is 0 Å². The Kier molecular flexibility index (Phi) is 4.19. The van der Waals surface area contributed by atoms with E-state index in [0.29, 0.717) is 6.54 Å². The van der Waals surface area contributed by atoms with Crippen molar-refractivity contribution in [2.75, 3.05) is 13.1 Å². The van der Waals surface area contributed by atoms with E-state index < -0.39 is 0 Å². The Morgan fingerprint density at radius 3 is 3.00 bits per heavy atom. The van der Waals surface area contributed by atoms with E-state index in [2.05, 4.69) is 39.1 Å². The van der Waals surface area contributed by atoms with Gasteiger partial charge in [-0.1, -0.05) is 6.07 Å². The van der Waals surface area contributed by atoms with Crippen LogP contribution in [-0.2, 0) is 19.4 Å². The Morgan fingerprint density at radius 2 is 2.20 bits per heavy atom. The minimum absolute atomic E-state index is 0.00419. The summed E-state index contributed by atoms with van der Waals surface area (Å²) < 4.78 is 2.06. The molecule has 0 spiro atoms. The largest absolute Gasteiger partial charge is 0.334 e. The van der Waals surface area contributed by atoms with Crippen LogP contribution in [0.3, 0.4) is 0 Å². The average Bonchev–Trinajstić information content (AvgIpc) is 3.31. The molecule has 2 aromatic heterocycles. The van der Waals surface area contributed by atoms with Crippen LogP contribution in [0.1, 0.15) is 47.1 Å². The molecule has 0 unspecified atom stereocenters. The summed E-state index contributed by atoms with van der Waals surface area (Å²) in [6.07, 6.45) is 6.24. The Bertz CT molecular complexity index is 797. The smallest absolute Gasteiger partial charge is 0.317 e. The summed E-state index contributed by atoms with van der Waals surface area (Å²) in [7, 11) is 0. The van der Waals surface area contributed by atoms with Crippen LogP contribution in [0.25, 0.3) is 0 Å². The zero-order valence-electron chi connectivity index (χ0n) is 15.0. The molecular formula is C19H25N5O. The van der Waals surface area contributed by atoms with Crippen LogP contribution < -0.4 is 5.32 Å². The summed E-state index contributed by atoms with van der Waals surface area (Å²) in [6.45, 7) is 6.12. The van der Waals surface area contributed by atoms with E-state index in [1.54, 1.807) is 0 Å². The van der Waals surface area contributed by atoms with Gasteiger partial charge in [-0.3, -0.25) is 9.67 Å². The fourth-order valence-electron chi connectivity index (χ4n) is 4.00. The number of rotatable bonds is 3. The molecule has 2 aliphatic rings. The summed E-state index contributed by atoms with van der Waals surface area (Å²) in [5.41, 5.74) is 5.85. The van der Waals surface area contributed by atoms with Crippen LogP contribution in [0.4, 0.5) is 4.79 Å². The number of amides is 2. The third-order valence-corrected chi connectivity index (χ3v) is 5.26. The zero-order valence-corrected chi connectivity index (χ0v) is 15.0. The lowest BCUT2D eigenvalue weighted by atomic mass is 10.1. The van der Waals surface area contributed by atoms with Crippen LogP contribution in [0, 0.1) is 13.8 Å². The van der Waals surface area contributed by atoms with Gasteiger partial charge in [0.25, 0.3) is 0 Å². The lowest BCUT2D eigenvalue weighted by Gasteiger charge is -2.18. The maximum absolute atomic E-state index is 12.5. The maximum Gasteiger partial charge on any atom is 0.317 e. The summed E-state index contributed by atoms with van der Waals surface area (Å²) in [6, 6.07) is 4.56. The average molecular weight is 339 g/mol. The quantitative estimate of drug-likeness (QED) is 0.935. The van der Waals surface area contributed by atoms with Gasteiger partial charge >= 0.3 is 6.03 Å². The number of aromatic nitrogens is 3. The van der Waals surface area contributed by atoms with E-state index >= 15 is 0 Å². The Balaban J connectivity index is 1.34. The number of aryl methyl sites for hydroxylation is 4. The normalized spacial score (nSPS) is 19.3. The van der Waals surface area contributed by atoms with E-state index in [9.17, 15) is 4.79 Å². The van der Waals surface area contributed by atoms with E-state index in [1.165, 1.54) is 17.7 Å². The molecular weight excluding hydrogens is 314 g/mol. The van der Waals surface area contributed by atoms with Gasteiger partial charge in [0.2, 0.25) is 0 Å². The Labute approximate surface area is 148 Å². The predicted octanol–water partition coefficient (Wildman–Crippen LogP) is 2.54. The minimum atomic E-state index is 0.00419. The first-order chi connectivity index (χ1) is 12.1. The van der Waals surface area contributed by atoms with Gasteiger partial charge in [-0.05, 0) is 56.7 Å². The molecule has 1 saturated heterocycles. The molecule has 1 atom stereocenters. The second kappa shape index (κ2) is 6.50.